The van der Waals surface area contributed by atoms with Crippen LogP contribution < -0.4 is 0 Å². The molecule has 0 saturated carbocycles. The Morgan fingerprint density at radius 2 is 2.05 bits per heavy atom. The van der Waals surface area contributed by atoms with E-state index in [1.54, 1.807) is 6.26 Å². The molecule has 108 valence electrons. The maximum atomic E-state index is 12.2. The molecule has 1 atom stereocenters. The fourth-order valence-corrected chi connectivity index (χ4v) is 3.23. The van der Waals surface area contributed by atoms with E-state index in [1.165, 1.54) is 11.9 Å². The summed E-state index contributed by atoms with van der Waals surface area (Å²) in [6.45, 7) is 1.98. The molecule has 0 aliphatic carbocycles. The van der Waals surface area contributed by atoms with Gasteiger partial charge in [-0.1, -0.05) is 28.1 Å². The van der Waals surface area contributed by atoms with Crippen molar-refractivity contribution < 1.29 is 14.0 Å². The molecule has 0 fully saturated rings. The van der Waals surface area contributed by atoms with Crippen molar-refractivity contribution in [2.75, 3.05) is 7.05 Å². The van der Waals surface area contributed by atoms with Crippen LogP contribution >= 0.6 is 15.9 Å². The number of imide groups is 1. The zero-order chi connectivity index (χ0) is 15.1. The van der Waals surface area contributed by atoms with Gasteiger partial charge in [0.1, 0.15) is 5.76 Å². The molecule has 0 N–H and O–H groups in total. The number of hydrogen-bond acceptors (Lipinski definition) is 3. The van der Waals surface area contributed by atoms with Crippen molar-refractivity contribution in [3.63, 3.8) is 0 Å². The minimum absolute atomic E-state index is 0.117. The Morgan fingerprint density at radius 3 is 2.71 bits per heavy atom. The summed E-state index contributed by atoms with van der Waals surface area (Å²) >= 11 is 3.61. The number of halogens is 1. The summed E-state index contributed by atoms with van der Waals surface area (Å²) in [7, 11) is 1.52. The van der Waals surface area contributed by atoms with E-state index >= 15 is 0 Å². The quantitative estimate of drug-likeness (QED) is 0.619. The first kappa shape index (κ1) is 14.1. The topological polar surface area (TPSA) is 50.5 Å². The lowest BCUT2D eigenvalue weighted by Crippen LogP contribution is -2.39. The fourth-order valence-electron chi connectivity index (χ4n) is 2.48. The fraction of sp³-hybridized carbons (Fsp3) is 0.250. The van der Waals surface area contributed by atoms with Crippen LogP contribution in [0.3, 0.4) is 0 Å². The van der Waals surface area contributed by atoms with Gasteiger partial charge in [0.05, 0.1) is 17.5 Å². The number of benzene rings is 1. The SMILES string of the molecule is Cc1ccoc1C(Br)c1ccc2c(c1)C(=O)N(C)C(=O)C2. The van der Waals surface area contributed by atoms with E-state index in [1.807, 2.05) is 31.2 Å². The summed E-state index contributed by atoms with van der Waals surface area (Å²) in [5, 5.41) is 0. The number of hydrogen-bond donors (Lipinski definition) is 0. The third kappa shape index (κ3) is 2.31. The predicted octanol–water partition coefficient (Wildman–Crippen LogP) is 3.23. The smallest absolute Gasteiger partial charge is 0.260 e. The van der Waals surface area contributed by atoms with Gasteiger partial charge in [0.15, 0.2) is 0 Å². The molecule has 0 bridgehead atoms. The van der Waals surface area contributed by atoms with Crippen LogP contribution in [0.2, 0.25) is 0 Å². The monoisotopic (exact) mass is 347 g/mol. The lowest BCUT2D eigenvalue weighted by Gasteiger charge is -2.24. The summed E-state index contributed by atoms with van der Waals surface area (Å²) < 4.78 is 5.49. The number of rotatable bonds is 2. The third-order valence-corrected chi connectivity index (χ3v) is 4.75. The summed E-state index contributed by atoms with van der Waals surface area (Å²) in [4.78, 5) is 25.0. The van der Waals surface area contributed by atoms with Crippen LogP contribution in [0.15, 0.2) is 34.9 Å². The van der Waals surface area contributed by atoms with Gasteiger partial charge < -0.3 is 4.42 Å². The van der Waals surface area contributed by atoms with E-state index < -0.39 is 0 Å². The molecule has 1 aliphatic heterocycles. The number of likely N-dealkylation sites (N-methyl/N-ethyl adjacent to an activating group) is 1. The molecule has 0 radical (unpaired) electrons. The van der Waals surface area contributed by atoms with Gasteiger partial charge >= 0.3 is 0 Å². The first-order chi connectivity index (χ1) is 9.99. The van der Waals surface area contributed by atoms with E-state index in [0.29, 0.717) is 5.56 Å². The Hall–Kier alpha value is -1.88. The summed E-state index contributed by atoms with van der Waals surface area (Å²) in [6.07, 6.45) is 1.92. The van der Waals surface area contributed by atoms with E-state index in [-0.39, 0.29) is 23.1 Å². The molecule has 21 heavy (non-hydrogen) atoms. The Kier molecular flexibility index (Phi) is 3.45. The number of alkyl halides is 1. The Labute approximate surface area is 130 Å². The zero-order valence-corrected chi connectivity index (χ0v) is 13.3. The first-order valence-corrected chi connectivity index (χ1v) is 7.52. The lowest BCUT2D eigenvalue weighted by atomic mass is 9.95. The van der Waals surface area contributed by atoms with Crippen molar-refractivity contribution in [1.82, 2.24) is 4.90 Å². The average Bonchev–Trinajstić information content (AvgIpc) is 2.90. The highest BCUT2D eigenvalue weighted by atomic mass is 79.9. The maximum Gasteiger partial charge on any atom is 0.260 e. The van der Waals surface area contributed by atoms with Gasteiger partial charge in [-0.3, -0.25) is 14.5 Å². The van der Waals surface area contributed by atoms with Crippen LogP contribution in [0, 0.1) is 6.92 Å². The van der Waals surface area contributed by atoms with Crippen molar-refractivity contribution in [2.24, 2.45) is 0 Å². The average molecular weight is 348 g/mol. The molecular weight excluding hydrogens is 334 g/mol. The van der Waals surface area contributed by atoms with Crippen molar-refractivity contribution >= 4 is 27.7 Å². The van der Waals surface area contributed by atoms with Gasteiger partial charge in [0, 0.05) is 12.6 Å². The number of amides is 2. The highest BCUT2D eigenvalue weighted by molar-refractivity contribution is 9.09. The predicted molar refractivity (Wildman–Crippen MR) is 81.5 cm³/mol. The molecule has 2 aromatic rings. The number of aryl methyl sites for hydroxylation is 1. The molecule has 5 heteroatoms. The molecule has 1 aliphatic rings. The zero-order valence-electron chi connectivity index (χ0n) is 11.7. The second kappa shape index (κ2) is 5.15. The summed E-state index contributed by atoms with van der Waals surface area (Å²) in [6, 6.07) is 7.51. The summed E-state index contributed by atoms with van der Waals surface area (Å²) in [5.74, 6) is 0.402. The van der Waals surface area contributed by atoms with Gasteiger partial charge in [0.25, 0.3) is 5.91 Å². The molecular formula is C16H14BrNO3. The van der Waals surface area contributed by atoms with Crippen LogP contribution in [0.4, 0.5) is 0 Å². The van der Waals surface area contributed by atoms with Crippen molar-refractivity contribution in [3.8, 4) is 0 Å². The standard InChI is InChI=1S/C16H14BrNO3/c1-9-5-6-21-15(9)14(17)11-4-3-10-8-13(19)18(2)16(20)12(10)7-11/h3-7,14H,8H2,1-2H3. The number of furan rings is 1. The van der Waals surface area contributed by atoms with E-state index in [9.17, 15) is 9.59 Å². The molecule has 1 aromatic carbocycles. The van der Waals surface area contributed by atoms with Crippen molar-refractivity contribution in [1.29, 1.82) is 0 Å². The van der Waals surface area contributed by atoms with Crippen LogP contribution in [0.25, 0.3) is 0 Å². The molecule has 0 spiro atoms. The van der Waals surface area contributed by atoms with Crippen LogP contribution in [0.1, 0.15) is 37.6 Å². The Morgan fingerprint density at radius 1 is 1.29 bits per heavy atom. The molecule has 1 aromatic heterocycles. The minimum atomic E-state index is -0.251. The molecule has 2 heterocycles. The van der Waals surface area contributed by atoms with Crippen molar-refractivity contribution in [2.45, 2.75) is 18.2 Å². The van der Waals surface area contributed by atoms with Gasteiger partial charge in [-0.05, 0) is 35.7 Å². The second-order valence-electron chi connectivity index (χ2n) is 5.18. The molecule has 0 saturated heterocycles. The van der Waals surface area contributed by atoms with Crippen LogP contribution in [-0.4, -0.2) is 23.8 Å². The molecule has 1 unspecified atom stereocenters. The van der Waals surface area contributed by atoms with Crippen LogP contribution in [0.5, 0.6) is 0 Å². The molecule has 3 rings (SSSR count). The lowest BCUT2D eigenvalue weighted by molar-refractivity contribution is -0.127. The van der Waals surface area contributed by atoms with Gasteiger partial charge in [-0.15, -0.1) is 0 Å². The summed E-state index contributed by atoms with van der Waals surface area (Å²) in [5.41, 5.74) is 3.35. The van der Waals surface area contributed by atoms with Crippen LogP contribution in [-0.2, 0) is 11.2 Å². The maximum absolute atomic E-state index is 12.2. The van der Waals surface area contributed by atoms with Crippen molar-refractivity contribution in [3.05, 3.63) is 58.5 Å². The van der Waals surface area contributed by atoms with Gasteiger partial charge in [-0.25, -0.2) is 0 Å². The van der Waals surface area contributed by atoms with Gasteiger partial charge in [-0.2, -0.15) is 0 Å². The first-order valence-electron chi connectivity index (χ1n) is 6.61. The Bertz CT molecular complexity index is 735. The van der Waals surface area contributed by atoms with E-state index in [0.717, 1.165) is 22.5 Å². The van der Waals surface area contributed by atoms with Gasteiger partial charge in [0.2, 0.25) is 5.91 Å². The number of nitrogens with zero attached hydrogens (tertiary/aromatic N) is 1. The highest BCUT2D eigenvalue weighted by Crippen LogP contribution is 2.35. The number of carbonyl (C=O) groups is 2. The second-order valence-corrected chi connectivity index (χ2v) is 6.10. The van der Waals surface area contributed by atoms with E-state index in [4.69, 9.17) is 4.42 Å². The largest absolute Gasteiger partial charge is 0.468 e. The Balaban J connectivity index is 2.02. The minimum Gasteiger partial charge on any atom is -0.468 e. The third-order valence-electron chi connectivity index (χ3n) is 3.81. The van der Waals surface area contributed by atoms with E-state index in [2.05, 4.69) is 15.9 Å². The molecule has 2 amide bonds. The highest BCUT2D eigenvalue weighted by Gasteiger charge is 2.29. The number of fused-ring (bicyclic) bond motifs is 1. The normalized spacial score (nSPS) is 16.0. The number of carbonyl (C=O) groups excluding carboxylic acids is 2. The molecule has 4 nitrogen and oxygen atoms in total.